The Balaban J connectivity index is 2.32. The Morgan fingerprint density at radius 2 is 2.04 bits per heavy atom. The van der Waals surface area contributed by atoms with Crippen LogP contribution in [0, 0.1) is 10.1 Å². The molecule has 0 aromatic heterocycles. The monoisotopic (exact) mass is 373 g/mol. The molecule has 0 aliphatic carbocycles. The van der Waals surface area contributed by atoms with Gasteiger partial charge in [-0.1, -0.05) is 6.07 Å². The van der Waals surface area contributed by atoms with E-state index in [1.807, 2.05) is 13.8 Å². The molecular formula is C18H19N3O6. The summed E-state index contributed by atoms with van der Waals surface area (Å²) in [6, 6.07) is 8.77. The van der Waals surface area contributed by atoms with Gasteiger partial charge in [0.05, 0.1) is 47.2 Å². The largest absolute Gasteiger partial charge is 0.493 e. The summed E-state index contributed by atoms with van der Waals surface area (Å²) in [7, 11) is 1.40. The summed E-state index contributed by atoms with van der Waals surface area (Å²) < 4.78 is 10.8. The minimum atomic E-state index is -1.07. The second-order valence-electron chi connectivity index (χ2n) is 5.74. The average Bonchev–Trinajstić information content (AvgIpc) is 2.61. The number of carboxylic acids is 1. The van der Waals surface area contributed by atoms with Crippen molar-refractivity contribution in [3.63, 3.8) is 0 Å². The SMILES string of the molecule is COc1cc([N+](=O)[O-])c(C=NNc2cccc(C(=O)O)c2)cc1OC(C)C. The van der Waals surface area contributed by atoms with Crippen LogP contribution in [0.2, 0.25) is 0 Å². The highest BCUT2D eigenvalue weighted by molar-refractivity contribution is 5.89. The van der Waals surface area contributed by atoms with Crippen LogP contribution in [0.15, 0.2) is 41.5 Å². The number of hydrazone groups is 1. The van der Waals surface area contributed by atoms with Crippen LogP contribution >= 0.6 is 0 Å². The topological polar surface area (TPSA) is 123 Å². The number of carboxylic acid groups (broad SMARTS) is 1. The molecule has 0 saturated heterocycles. The van der Waals surface area contributed by atoms with Gasteiger partial charge >= 0.3 is 5.97 Å². The first-order valence-electron chi connectivity index (χ1n) is 7.97. The summed E-state index contributed by atoms with van der Waals surface area (Å²) in [6.45, 7) is 3.65. The summed E-state index contributed by atoms with van der Waals surface area (Å²) in [6.07, 6.45) is 1.11. The Hall–Kier alpha value is -3.62. The summed E-state index contributed by atoms with van der Waals surface area (Å²) >= 11 is 0. The van der Waals surface area contributed by atoms with Gasteiger partial charge in [-0.3, -0.25) is 15.5 Å². The number of benzene rings is 2. The van der Waals surface area contributed by atoms with Crippen LogP contribution in [-0.2, 0) is 0 Å². The summed E-state index contributed by atoms with van der Waals surface area (Å²) in [4.78, 5) is 21.8. The molecule has 0 fully saturated rings. The minimum Gasteiger partial charge on any atom is -0.493 e. The van der Waals surface area contributed by atoms with E-state index >= 15 is 0 Å². The zero-order chi connectivity index (χ0) is 20.0. The van der Waals surface area contributed by atoms with Crippen molar-refractivity contribution in [2.45, 2.75) is 20.0 Å². The number of carbonyl (C=O) groups is 1. The lowest BCUT2D eigenvalue weighted by atomic mass is 10.1. The molecule has 2 aromatic carbocycles. The van der Waals surface area contributed by atoms with Gasteiger partial charge in [-0.15, -0.1) is 0 Å². The molecule has 2 N–H and O–H groups in total. The van der Waals surface area contributed by atoms with Crippen LogP contribution in [0.5, 0.6) is 11.5 Å². The molecule has 142 valence electrons. The highest BCUT2D eigenvalue weighted by Gasteiger charge is 2.19. The van der Waals surface area contributed by atoms with Crippen molar-refractivity contribution in [2.75, 3.05) is 12.5 Å². The van der Waals surface area contributed by atoms with Gasteiger partial charge in [0.25, 0.3) is 5.69 Å². The molecule has 0 amide bonds. The van der Waals surface area contributed by atoms with Crippen LogP contribution in [0.25, 0.3) is 0 Å². The van der Waals surface area contributed by atoms with Crippen LogP contribution in [0.3, 0.4) is 0 Å². The molecule has 0 unspecified atom stereocenters. The van der Waals surface area contributed by atoms with Gasteiger partial charge in [0, 0.05) is 0 Å². The Kier molecular flexibility index (Phi) is 6.32. The number of methoxy groups -OCH3 is 1. The standard InChI is InChI=1S/C18H19N3O6/c1-11(2)27-17-8-13(15(21(24)25)9-16(17)26-3)10-19-20-14-6-4-5-12(7-14)18(22)23/h4-11,20H,1-3H3,(H,22,23). The van der Waals surface area contributed by atoms with Gasteiger partial charge in [-0.25, -0.2) is 4.79 Å². The minimum absolute atomic E-state index is 0.0956. The zero-order valence-electron chi connectivity index (χ0n) is 15.0. The fraction of sp³-hybridized carbons (Fsp3) is 0.222. The van der Waals surface area contributed by atoms with Crippen LogP contribution in [-0.4, -0.2) is 35.4 Å². The van der Waals surface area contributed by atoms with Crippen molar-refractivity contribution < 1.29 is 24.3 Å². The number of nitro groups is 1. The van der Waals surface area contributed by atoms with E-state index < -0.39 is 10.9 Å². The van der Waals surface area contributed by atoms with Gasteiger partial charge in [-0.05, 0) is 38.1 Å². The van der Waals surface area contributed by atoms with E-state index in [0.29, 0.717) is 11.4 Å². The third-order valence-electron chi connectivity index (χ3n) is 3.38. The molecule has 2 rings (SSSR count). The molecular weight excluding hydrogens is 354 g/mol. The molecule has 0 atom stereocenters. The third-order valence-corrected chi connectivity index (χ3v) is 3.38. The van der Waals surface area contributed by atoms with Crippen LogP contribution < -0.4 is 14.9 Å². The average molecular weight is 373 g/mol. The Labute approximate surface area is 155 Å². The second kappa shape index (κ2) is 8.65. The first kappa shape index (κ1) is 19.7. The molecule has 0 bridgehead atoms. The van der Waals surface area contributed by atoms with Gasteiger partial charge < -0.3 is 14.6 Å². The maximum atomic E-state index is 11.3. The molecule has 27 heavy (non-hydrogen) atoms. The summed E-state index contributed by atoms with van der Waals surface area (Å²) in [5, 5.41) is 24.3. The normalized spacial score (nSPS) is 10.8. The zero-order valence-corrected chi connectivity index (χ0v) is 15.0. The quantitative estimate of drug-likeness (QED) is 0.412. The number of nitrogens with one attached hydrogen (secondary N) is 1. The number of rotatable bonds is 8. The lowest BCUT2D eigenvalue weighted by Gasteiger charge is -2.14. The smallest absolute Gasteiger partial charge is 0.335 e. The van der Waals surface area contributed by atoms with Crippen molar-refractivity contribution in [3.05, 3.63) is 57.6 Å². The number of hydrogen-bond acceptors (Lipinski definition) is 7. The molecule has 0 aliphatic heterocycles. The van der Waals surface area contributed by atoms with Crippen molar-refractivity contribution >= 4 is 23.6 Å². The van der Waals surface area contributed by atoms with E-state index in [1.165, 1.54) is 37.6 Å². The first-order chi connectivity index (χ1) is 12.8. The molecule has 0 aliphatic rings. The molecule has 0 heterocycles. The highest BCUT2D eigenvalue weighted by atomic mass is 16.6. The van der Waals surface area contributed by atoms with Crippen molar-refractivity contribution in [3.8, 4) is 11.5 Å². The number of nitrogens with zero attached hydrogens (tertiary/aromatic N) is 2. The van der Waals surface area contributed by atoms with E-state index in [0.717, 1.165) is 0 Å². The van der Waals surface area contributed by atoms with Crippen LogP contribution in [0.4, 0.5) is 11.4 Å². The van der Waals surface area contributed by atoms with Gasteiger partial charge in [0.2, 0.25) is 0 Å². The second-order valence-corrected chi connectivity index (χ2v) is 5.74. The van der Waals surface area contributed by atoms with Gasteiger partial charge in [0.15, 0.2) is 11.5 Å². The van der Waals surface area contributed by atoms with E-state index in [1.54, 1.807) is 12.1 Å². The van der Waals surface area contributed by atoms with Gasteiger partial charge in [-0.2, -0.15) is 5.10 Å². The first-order valence-corrected chi connectivity index (χ1v) is 7.97. The maximum Gasteiger partial charge on any atom is 0.335 e. The molecule has 0 saturated carbocycles. The number of aromatic carboxylic acids is 1. The van der Waals surface area contributed by atoms with E-state index in [-0.39, 0.29) is 28.7 Å². The number of anilines is 1. The number of ether oxygens (including phenoxy) is 2. The molecule has 0 spiro atoms. The number of nitro benzene ring substituents is 1. The van der Waals surface area contributed by atoms with Crippen molar-refractivity contribution in [1.29, 1.82) is 0 Å². The lowest BCUT2D eigenvalue weighted by Crippen LogP contribution is -2.08. The predicted molar refractivity (Wildman–Crippen MR) is 100 cm³/mol. The fourth-order valence-corrected chi connectivity index (χ4v) is 2.23. The molecule has 0 radical (unpaired) electrons. The van der Waals surface area contributed by atoms with Crippen molar-refractivity contribution in [2.24, 2.45) is 5.10 Å². The van der Waals surface area contributed by atoms with Crippen LogP contribution in [0.1, 0.15) is 29.8 Å². The molecule has 9 nitrogen and oxygen atoms in total. The maximum absolute atomic E-state index is 11.3. The summed E-state index contributed by atoms with van der Waals surface area (Å²) in [5.41, 5.74) is 3.19. The van der Waals surface area contributed by atoms with Gasteiger partial charge in [0.1, 0.15) is 0 Å². The summed E-state index contributed by atoms with van der Waals surface area (Å²) in [5.74, 6) is -0.467. The third kappa shape index (κ3) is 5.18. The Bertz CT molecular complexity index is 879. The Morgan fingerprint density at radius 1 is 1.30 bits per heavy atom. The molecule has 2 aromatic rings. The van der Waals surface area contributed by atoms with E-state index in [2.05, 4.69) is 10.5 Å². The predicted octanol–water partition coefficient (Wildman–Crippen LogP) is 3.53. The lowest BCUT2D eigenvalue weighted by molar-refractivity contribution is -0.385. The van der Waals surface area contributed by atoms with E-state index in [4.69, 9.17) is 14.6 Å². The van der Waals surface area contributed by atoms with Crippen molar-refractivity contribution in [1.82, 2.24) is 0 Å². The number of hydrogen-bond donors (Lipinski definition) is 2. The van der Waals surface area contributed by atoms with E-state index in [9.17, 15) is 14.9 Å². The highest BCUT2D eigenvalue weighted by Crippen LogP contribution is 2.34. The molecule has 9 heteroatoms. The fourth-order valence-electron chi connectivity index (χ4n) is 2.23. The Morgan fingerprint density at radius 3 is 2.63 bits per heavy atom.